The molecule has 1 aromatic rings. The number of carboxylic acid groups (broad SMARTS) is 1. The summed E-state index contributed by atoms with van der Waals surface area (Å²) >= 11 is 0. The van der Waals surface area contributed by atoms with Gasteiger partial charge in [0.2, 0.25) is 11.8 Å². The van der Waals surface area contributed by atoms with E-state index in [9.17, 15) is 34.8 Å². The van der Waals surface area contributed by atoms with Crippen LogP contribution in [0.3, 0.4) is 0 Å². The molecule has 6 N–H and O–H groups in total. The Balaban J connectivity index is 2.45. The highest BCUT2D eigenvalue weighted by atomic mass is 16.6. The number of carbonyl (C=O) groups excluding carboxylic acids is 2. The van der Waals surface area contributed by atoms with Crippen LogP contribution in [0.2, 0.25) is 0 Å². The summed E-state index contributed by atoms with van der Waals surface area (Å²) in [7, 11) is 1.51. The first-order valence-electron chi connectivity index (χ1n) is 9.39. The maximum Gasteiger partial charge on any atom is 0.359 e. The van der Waals surface area contributed by atoms with Crippen molar-refractivity contribution in [2.45, 2.75) is 63.0 Å². The average molecular weight is 445 g/mol. The summed E-state index contributed by atoms with van der Waals surface area (Å²) in [6.07, 6.45) is -6.14. The molecule has 1 fully saturated rings. The van der Waals surface area contributed by atoms with Crippen molar-refractivity contribution < 1.29 is 44.7 Å². The highest BCUT2D eigenvalue weighted by Gasteiger charge is 2.56. The molecular weight excluding hydrogens is 418 g/mol. The minimum Gasteiger partial charge on any atom is -0.478 e. The van der Waals surface area contributed by atoms with Crippen molar-refractivity contribution >= 4 is 17.8 Å². The lowest BCUT2D eigenvalue weighted by Gasteiger charge is -2.46. The maximum atomic E-state index is 12.2. The summed E-state index contributed by atoms with van der Waals surface area (Å²) in [5.41, 5.74) is -2.12. The average Bonchev–Trinajstić information content (AvgIpc) is 3.16. The van der Waals surface area contributed by atoms with Gasteiger partial charge < -0.3 is 40.5 Å². The number of carbonyl (C=O) groups is 3. The molecule has 31 heavy (non-hydrogen) atoms. The van der Waals surface area contributed by atoms with Gasteiger partial charge in [0.25, 0.3) is 5.72 Å². The van der Waals surface area contributed by atoms with Gasteiger partial charge in [0, 0.05) is 27.3 Å². The number of aliphatic carboxylic acids is 1. The molecule has 0 aromatic carbocycles. The lowest BCUT2D eigenvalue weighted by molar-refractivity contribution is -0.258. The molecule has 0 radical (unpaired) electrons. The first kappa shape index (κ1) is 24.6. The van der Waals surface area contributed by atoms with Crippen LogP contribution in [0.5, 0.6) is 0 Å². The zero-order chi connectivity index (χ0) is 23.5. The third-order valence-electron chi connectivity index (χ3n) is 5.05. The zero-order valence-corrected chi connectivity index (χ0v) is 17.2. The minimum atomic E-state index is -2.35. The Bertz CT molecular complexity index is 818. The molecule has 14 nitrogen and oxygen atoms in total. The van der Waals surface area contributed by atoms with E-state index >= 15 is 0 Å². The first-order valence-corrected chi connectivity index (χ1v) is 9.39. The summed E-state index contributed by atoms with van der Waals surface area (Å²) in [4.78, 5) is 36.5. The van der Waals surface area contributed by atoms with Gasteiger partial charge in [-0.2, -0.15) is 0 Å². The quantitative estimate of drug-likeness (QED) is 0.230. The number of hydrogen-bond donors (Lipinski definition) is 6. The second-order valence-electron chi connectivity index (χ2n) is 7.44. The maximum absolute atomic E-state index is 12.2. The number of nitrogens with zero attached hydrogens (tertiary/aromatic N) is 4. The fraction of sp³-hybridized carbons (Fsp3) is 0.706. The smallest absolute Gasteiger partial charge is 0.359 e. The van der Waals surface area contributed by atoms with Crippen LogP contribution in [0, 0.1) is 0 Å². The van der Waals surface area contributed by atoms with Crippen LogP contribution in [0.1, 0.15) is 26.0 Å². The van der Waals surface area contributed by atoms with Crippen molar-refractivity contribution in [1.82, 2.24) is 25.2 Å². The van der Waals surface area contributed by atoms with Crippen molar-refractivity contribution in [3.05, 3.63) is 11.9 Å². The van der Waals surface area contributed by atoms with Crippen LogP contribution in [-0.4, -0.2) is 107 Å². The van der Waals surface area contributed by atoms with Crippen LogP contribution in [-0.2, 0) is 31.4 Å². The van der Waals surface area contributed by atoms with E-state index in [1.54, 1.807) is 0 Å². The Morgan fingerprint density at radius 3 is 2.55 bits per heavy atom. The zero-order valence-electron chi connectivity index (χ0n) is 17.2. The Hall–Kier alpha value is -2.65. The van der Waals surface area contributed by atoms with Gasteiger partial charge in [-0.05, 0) is 0 Å². The van der Waals surface area contributed by atoms with Gasteiger partial charge in [0.05, 0.1) is 31.5 Å². The number of ether oxygens (including phenoxy) is 1. The predicted molar refractivity (Wildman–Crippen MR) is 100.0 cm³/mol. The Morgan fingerprint density at radius 2 is 2.03 bits per heavy atom. The highest BCUT2D eigenvalue weighted by molar-refractivity contribution is 5.76. The lowest BCUT2D eigenvalue weighted by Crippen LogP contribution is -2.67. The van der Waals surface area contributed by atoms with Gasteiger partial charge in [0.1, 0.15) is 24.0 Å². The molecule has 0 spiro atoms. The third-order valence-corrected chi connectivity index (χ3v) is 5.05. The SMILES string of the molecule is CC(=O)N[C@H]1[C@H]([C@H](O)[C@H](O)CO)O[C@](C(=O)O)(n2cc(CN(C)C(C)=O)nn2)C[C@@H]1O. The van der Waals surface area contributed by atoms with Gasteiger partial charge in [-0.3, -0.25) is 9.59 Å². The van der Waals surface area contributed by atoms with Crippen molar-refractivity contribution in [3.8, 4) is 0 Å². The van der Waals surface area contributed by atoms with Gasteiger partial charge >= 0.3 is 5.97 Å². The number of rotatable bonds is 8. The summed E-state index contributed by atoms with van der Waals surface area (Å²) in [6.45, 7) is 1.63. The van der Waals surface area contributed by atoms with Crippen LogP contribution < -0.4 is 5.32 Å². The molecule has 0 bridgehead atoms. The van der Waals surface area contributed by atoms with E-state index in [4.69, 9.17) is 9.84 Å². The lowest BCUT2D eigenvalue weighted by atomic mass is 9.87. The molecule has 14 heteroatoms. The first-order chi connectivity index (χ1) is 14.4. The van der Waals surface area contributed by atoms with Crippen molar-refractivity contribution in [2.75, 3.05) is 13.7 Å². The van der Waals surface area contributed by atoms with E-state index in [0.717, 1.165) is 11.6 Å². The van der Waals surface area contributed by atoms with Crippen LogP contribution >= 0.6 is 0 Å². The standard InChI is InChI=1S/C17H27N5O9/c1-8(24)18-13-11(26)4-17(16(29)30,31-15(13)14(28)12(27)7-23)22-6-10(19-20-22)5-21(3)9(2)25/h6,11-15,23,26-28H,4-5,7H2,1-3H3,(H,18,24)(H,29,30)/t11-,12+,13+,14+,15+,17+/m0/s1. The van der Waals surface area contributed by atoms with Crippen molar-refractivity contribution in [2.24, 2.45) is 0 Å². The molecule has 1 saturated heterocycles. The van der Waals surface area contributed by atoms with E-state index in [-0.39, 0.29) is 18.1 Å². The molecule has 174 valence electrons. The van der Waals surface area contributed by atoms with Crippen LogP contribution in [0.15, 0.2) is 6.20 Å². The number of carboxylic acids is 1. The van der Waals surface area contributed by atoms with E-state index in [0.29, 0.717) is 0 Å². The number of hydrogen-bond acceptors (Lipinski definition) is 10. The molecule has 6 atom stereocenters. The summed E-state index contributed by atoms with van der Waals surface area (Å²) in [5, 5.41) is 59.9. The third kappa shape index (κ3) is 5.16. The molecule has 0 unspecified atom stereocenters. The van der Waals surface area contributed by atoms with E-state index in [1.807, 2.05) is 0 Å². The fourth-order valence-corrected chi connectivity index (χ4v) is 3.28. The molecule has 1 aromatic heterocycles. The molecule has 2 rings (SSSR count). The topological polar surface area (TPSA) is 208 Å². The summed E-state index contributed by atoms with van der Waals surface area (Å²) in [6, 6.07) is -1.28. The predicted octanol–water partition coefficient (Wildman–Crippen LogP) is -3.64. The summed E-state index contributed by atoms with van der Waals surface area (Å²) in [5.74, 6) is -2.44. The molecule has 0 saturated carbocycles. The fourth-order valence-electron chi connectivity index (χ4n) is 3.28. The highest BCUT2D eigenvalue weighted by Crippen LogP contribution is 2.35. The molecule has 1 aliphatic rings. The number of aliphatic hydroxyl groups is 4. The van der Waals surface area contributed by atoms with Crippen LogP contribution in [0.25, 0.3) is 0 Å². The molecular formula is C17H27N5O9. The van der Waals surface area contributed by atoms with E-state index < -0.39 is 61.1 Å². The van der Waals surface area contributed by atoms with Gasteiger partial charge in [0.15, 0.2) is 0 Å². The number of aliphatic hydroxyl groups excluding tert-OH is 4. The monoisotopic (exact) mass is 445 g/mol. The largest absolute Gasteiger partial charge is 0.478 e. The number of aromatic nitrogens is 3. The van der Waals surface area contributed by atoms with Gasteiger partial charge in [-0.25, -0.2) is 9.48 Å². The van der Waals surface area contributed by atoms with Gasteiger partial charge in [-0.1, -0.05) is 5.21 Å². The van der Waals surface area contributed by atoms with Crippen LogP contribution in [0.4, 0.5) is 0 Å². The van der Waals surface area contributed by atoms with E-state index in [1.165, 1.54) is 25.1 Å². The Labute approximate surface area is 177 Å². The summed E-state index contributed by atoms with van der Waals surface area (Å²) < 4.78 is 6.47. The van der Waals surface area contributed by atoms with Gasteiger partial charge in [-0.15, -0.1) is 5.10 Å². The van der Waals surface area contributed by atoms with E-state index in [2.05, 4.69) is 15.6 Å². The normalized spacial score (nSPS) is 27.9. The minimum absolute atomic E-state index is 0.0252. The Morgan fingerprint density at radius 1 is 1.39 bits per heavy atom. The second kappa shape index (κ2) is 9.65. The molecule has 2 heterocycles. The molecule has 0 aliphatic carbocycles. The molecule has 2 amide bonds. The van der Waals surface area contributed by atoms with Crippen molar-refractivity contribution in [3.63, 3.8) is 0 Å². The van der Waals surface area contributed by atoms with Crippen molar-refractivity contribution in [1.29, 1.82) is 0 Å². The number of nitrogens with one attached hydrogen (secondary N) is 1. The Kier molecular flexibility index (Phi) is 7.67. The second-order valence-corrected chi connectivity index (χ2v) is 7.44. The number of amides is 2. The molecule has 1 aliphatic heterocycles.